The fourth-order valence-corrected chi connectivity index (χ4v) is 4.53. The maximum absolute atomic E-state index is 11.3. The van der Waals surface area contributed by atoms with E-state index in [-0.39, 0.29) is 5.75 Å². The number of phenolic OH excluding ortho intramolecular Hbond substituents is 1. The van der Waals surface area contributed by atoms with Crippen molar-refractivity contribution >= 4 is 11.0 Å². The number of rotatable bonds is 7. The summed E-state index contributed by atoms with van der Waals surface area (Å²) in [7, 11) is 0. The molecule has 1 heterocycles. The Labute approximate surface area is 200 Å². The normalized spacial score (nSPS) is 11.2. The van der Waals surface area contributed by atoms with Gasteiger partial charge in [-0.1, -0.05) is 66.7 Å². The van der Waals surface area contributed by atoms with Gasteiger partial charge in [0.1, 0.15) is 22.5 Å². The monoisotopic (exact) mass is 447 g/mol. The van der Waals surface area contributed by atoms with E-state index in [2.05, 4.69) is 78.6 Å². The summed E-state index contributed by atoms with van der Waals surface area (Å²) < 4.78 is 0. The van der Waals surface area contributed by atoms with Crippen LogP contribution in [0.15, 0.2) is 84.9 Å². The molecular weight excluding hydrogens is 418 g/mol. The molecule has 4 heteroatoms. The van der Waals surface area contributed by atoms with E-state index in [0.717, 1.165) is 42.3 Å². The van der Waals surface area contributed by atoms with Crippen LogP contribution in [0, 0.1) is 13.8 Å². The predicted molar refractivity (Wildman–Crippen MR) is 138 cm³/mol. The van der Waals surface area contributed by atoms with E-state index in [1.54, 1.807) is 4.80 Å². The number of benzene rings is 4. The average Bonchev–Trinajstić information content (AvgIpc) is 3.28. The highest BCUT2D eigenvalue weighted by Crippen LogP contribution is 2.30. The molecule has 0 radical (unpaired) electrons. The Bertz CT molecular complexity index is 1420. The van der Waals surface area contributed by atoms with Crippen molar-refractivity contribution in [3.05, 3.63) is 118 Å². The second-order valence-corrected chi connectivity index (χ2v) is 8.95. The third-order valence-electron chi connectivity index (χ3n) is 6.60. The smallest absolute Gasteiger partial charge is 0.146 e. The van der Waals surface area contributed by atoms with Crippen LogP contribution in [0.4, 0.5) is 0 Å². The molecule has 1 N–H and O–H groups in total. The lowest BCUT2D eigenvalue weighted by atomic mass is 9.95. The van der Waals surface area contributed by atoms with Crippen LogP contribution in [0.25, 0.3) is 16.7 Å². The highest BCUT2D eigenvalue weighted by Gasteiger charge is 2.15. The highest BCUT2D eigenvalue weighted by atomic mass is 16.3. The van der Waals surface area contributed by atoms with E-state index in [0.29, 0.717) is 5.69 Å². The lowest BCUT2D eigenvalue weighted by Crippen LogP contribution is -2.05. The standard InChI is InChI=1S/C30H29N3O/c1-21-9-3-5-11-24(21)16-15-23-19-26(18-17-25-12-6-4-10-22(25)2)30(34)29(20-23)33-31-27-13-7-8-14-28(27)32-33/h3-14,19-20,34H,15-18H2,1-2H3. The number of hydrogen-bond donors (Lipinski definition) is 1. The Hall–Kier alpha value is -3.92. The molecule has 0 spiro atoms. The quantitative estimate of drug-likeness (QED) is 0.318. The molecule has 1 aromatic heterocycles. The summed E-state index contributed by atoms with van der Waals surface area (Å²) in [5.41, 5.74) is 9.61. The molecule has 34 heavy (non-hydrogen) atoms. The summed E-state index contributed by atoms with van der Waals surface area (Å²) in [5.74, 6) is 0.258. The van der Waals surface area contributed by atoms with E-state index in [4.69, 9.17) is 0 Å². The average molecular weight is 448 g/mol. The predicted octanol–water partition coefficient (Wildman–Crippen LogP) is 6.31. The zero-order valence-corrected chi connectivity index (χ0v) is 19.7. The topological polar surface area (TPSA) is 50.9 Å². The van der Waals surface area contributed by atoms with Gasteiger partial charge in [0.25, 0.3) is 0 Å². The van der Waals surface area contributed by atoms with Crippen molar-refractivity contribution in [1.29, 1.82) is 0 Å². The van der Waals surface area contributed by atoms with E-state index in [1.165, 1.54) is 27.8 Å². The highest BCUT2D eigenvalue weighted by molar-refractivity contribution is 5.73. The third kappa shape index (κ3) is 4.58. The van der Waals surface area contributed by atoms with Gasteiger partial charge < -0.3 is 5.11 Å². The second-order valence-electron chi connectivity index (χ2n) is 8.95. The zero-order chi connectivity index (χ0) is 23.5. The number of phenols is 1. The van der Waals surface area contributed by atoms with Crippen LogP contribution in [0.1, 0.15) is 33.4 Å². The molecule has 5 rings (SSSR count). The Morgan fingerprint density at radius 1 is 0.618 bits per heavy atom. The maximum Gasteiger partial charge on any atom is 0.146 e. The van der Waals surface area contributed by atoms with Crippen LogP contribution in [0.2, 0.25) is 0 Å². The van der Waals surface area contributed by atoms with Crippen molar-refractivity contribution in [2.24, 2.45) is 0 Å². The Balaban J connectivity index is 1.51. The van der Waals surface area contributed by atoms with Gasteiger partial charge in [0.05, 0.1) is 0 Å². The first-order valence-electron chi connectivity index (χ1n) is 11.8. The number of fused-ring (bicyclic) bond motifs is 1. The Kier molecular flexibility index (Phi) is 6.13. The minimum absolute atomic E-state index is 0.258. The van der Waals surface area contributed by atoms with Crippen molar-refractivity contribution < 1.29 is 5.11 Å². The fourth-order valence-electron chi connectivity index (χ4n) is 4.53. The molecule has 4 aromatic carbocycles. The number of nitrogens with zero attached hydrogens (tertiary/aromatic N) is 3. The van der Waals surface area contributed by atoms with Crippen molar-refractivity contribution in [2.45, 2.75) is 39.5 Å². The molecule has 170 valence electrons. The molecule has 4 nitrogen and oxygen atoms in total. The largest absolute Gasteiger partial charge is 0.505 e. The van der Waals surface area contributed by atoms with Gasteiger partial charge in [-0.05, 0) is 91.1 Å². The molecule has 0 saturated carbocycles. The second kappa shape index (κ2) is 9.52. The fraction of sp³-hybridized carbons (Fsp3) is 0.200. The molecule has 0 bridgehead atoms. The molecule has 5 aromatic rings. The first kappa shape index (κ1) is 21.9. The summed E-state index contributed by atoms with van der Waals surface area (Å²) in [4.78, 5) is 1.58. The van der Waals surface area contributed by atoms with E-state index >= 15 is 0 Å². The molecule has 0 atom stereocenters. The van der Waals surface area contributed by atoms with Gasteiger partial charge in [0.15, 0.2) is 0 Å². The number of aromatic hydroxyl groups is 1. The molecule has 0 amide bonds. The first-order chi connectivity index (χ1) is 16.6. The van der Waals surface area contributed by atoms with Gasteiger partial charge in [0, 0.05) is 0 Å². The SMILES string of the molecule is Cc1ccccc1CCc1cc(CCc2ccccc2C)c(O)c(-n2nc3ccccc3n2)c1. The molecule has 0 fully saturated rings. The lowest BCUT2D eigenvalue weighted by Gasteiger charge is -2.14. The van der Waals surface area contributed by atoms with Crippen molar-refractivity contribution in [1.82, 2.24) is 15.0 Å². The van der Waals surface area contributed by atoms with Gasteiger partial charge in [-0.3, -0.25) is 0 Å². The van der Waals surface area contributed by atoms with Gasteiger partial charge in [-0.25, -0.2) is 0 Å². The van der Waals surface area contributed by atoms with Crippen molar-refractivity contribution in [3.63, 3.8) is 0 Å². The molecule has 0 saturated heterocycles. The molecular formula is C30H29N3O. The molecule has 0 aliphatic heterocycles. The van der Waals surface area contributed by atoms with Gasteiger partial charge in [0.2, 0.25) is 0 Å². The molecule has 0 aliphatic rings. The minimum Gasteiger partial charge on any atom is -0.505 e. The molecule has 0 aliphatic carbocycles. The Morgan fingerprint density at radius 3 is 1.71 bits per heavy atom. The van der Waals surface area contributed by atoms with Gasteiger partial charge in [-0.15, -0.1) is 15.0 Å². The summed E-state index contributed by atoms with van der Waals surface area (Å²) >= 11 is 0. The van der Waals surface area contributed by atoms with Crippen LogP contribution >= 0.6 is 0 Å². The van der Waals surface area contributed by atoms with Crippen LogP contribution in [-0.4, -0.2) is 20.1 Å². The summed E-state index contributed by atoms with van der Waals surface area (Å²) in [6.07, 6.45) is 3.46. The number of hydrogen-bond acceptors (Lipinski definition) is 3. The first-order valence-corrected chi connectivity index (χ1v) is 11.8. The summed E-state index contributed by atoms with van der Waals surface area (Å²) in [5, 5.41) is 20.5. The molecule has 0 unspecified atom stereocenters. The number of aromatic nitrogens is 3. The van der Waals surface area contributed by atoms with E-state index in [9.17, 15) is 5.11 Å². The minimum atomic E-state index is 0.258. The summed E-state index contributed by atoms with van der Waals surface area (Å²) in [6, 6.07) is 28.9. The third-order valence-corrected chi connectivity index (χ3v) is 6.60. The van der Waals surface area contributed by atoms with E-state index < -0.39 is 0 Å². The van der Waals surface area contributed by atoms with Crippen molar-refractivity contribution in [3.8, 4) is 11.4 Å². The summed E-state index contributed by atoms with van der Waals surface area (Å²) in [6.45, 7) is 4.29. The maximum atomic E-state index is 11.3. The van der Waals surface area contributed by atoms with Gasteiger partial charge >= 0.3 is 0 Å². The number of aryl methyl sites for hydroxylation is 6. The Morgan fingerprint density at radius 2 is 1.12 bits per heavy atom. The van der Waals surface area contributed by atoms with Crippen LogP contribution in [-0.2, 0) is 25.7 Å². The lowest BCUT2D eigenvalue weighted by molar-refractivity contribution is 0.460. The van der Waals surface area contributed by atoms with Crippen LogP contribution in [0.3, 0.4) is 0 Å². The van der Waals surface area contributed by atoms with Crippen LogP contribution in [0.5, 0.6) is 5.75 Å². The van der Waals surface area contributed by atoms with Crippen molar-refractivity contribution in [2.75, 3.05) is 0 Å². The van der Waals surface area contributed by atoms with Gasteiger partial charge in [-0.2, -0.15) is 0 Å². The van der Waals surface area contributed by atoms with E-state index in [1.807, 2.05) is 30.3 Å². The zero-order valence-electron chi connectivity index (χ0n) is 19.7. The van der Waals surface area contributed by atoms with Crippen LogP contribution < -0.4 is 0 Å².